The third kappa shape index (κ3) is 3.87. The second-order valence-corrected chi connectivity index (χ2v) is 5.70. The molecule has 0 spiro atoms. The number of carbonyl (C=O) groups is 2. The molecule has 0 bridgehead atoms. The van der Waals surface area contributed by atoms with Gasteiger partial charge in [0.25, 0.3) is 0 Å². The van der Waals surface area contributed by atoms with Gasteiger partial charge < -0.3 is 19.9 Å². The van der Waals surface area contributed by atoms with Crippen LogP contribution in [0.5, 0.6) is 0 Å². The summed E-state index contributed by atoms with van der Waals surface area (Å²) in [6.45, 7) is 6.89. The van der Waals surface area contributed by atoms with Gasteiger partial charge in [-0.15, -0.1) is 0 Å². The van der Waals surface area contributed by atoms with Crippen LogP contribution in [0, 0.1) is 0 Å². The second kappa shape index (κ2) is 5.56. The molecule has 1 rings (SSSR count). The maximum atomic E-state index is 12.1. The van der Waals surface area contributed by atoms with E-state index in [2.05, 4.69) is 5.32 Å². The third-order valence-corrected chi connectivity index (χ3v) is 2.56. The highest BCUT2D eigenvalue weighted by Crippen LogP contribution is 2.11. The van der Waals surface area contributed by atoms with Crippen LogP contribution in [0.1, 0.15) is 20.8 Å². The average Bonchev–Trinajstić information content (AvgIpc) is 2.25. The molecule has 1 fully saturated rings. The SMILES string of the molecule is CN(C)C(=O)N1CCOCC1C(=O)NC(C)(C)C. The van der Waals surface area contributed by atoms with Crippen LogP contribution in [0.4, 0.5) is 4.79 Å². The van der Waals surface area contributed by atoms with E-state index in [0.717, 1.165) is 0 Å². The zero-order valence-corrected chi connectivity index (χ0v) is 11.8. The van der Waals surface area contributed by atoms with Crippen LogP contribution < -0.4 is 5.32 Å². The minimum absolute atomic E-state index is 0.160. The fourth-order valence-electron chi connectivity index (χ4n) is 1.76. The lowest BCUT2D eigenvalue weighted by atomic mass is 10.1. The summed E-state index contributed by atoms with van der Waals surface area (Å²) in [5.74, 6) is -0.169. The van der Waals surface area contributed by atoms with E-state index in [1.165, 1.54) is 4.90 Å². The van der Waals surface area contributed by atoms with Crippen molar-refractivity contribution in [3.63, 3.8) is 0 Å². The first-order valence-electron chi connectivity index (χ1n) is 6.10. The number of rotatable bonds is 1. The van der Waals surface area contributed by atoms with Gasteiger partial charge in [-0.3, -0.25) is 4.79 Å². The Balaban J connectivity index is 2.76. The molecule has 1 aliphatic rings. The number of hydrogen-bond donors (Lipinski definition) is 1. The van der Waals surface area contributed by atoms with Crippen LogP contribution >= 0.6 is 0 Å². The molecule has 104 valence electrons. The molecule has 18 heavy (non-hydrogen) atoms. The van der Waals surface area contributed by atoms with Gasteiger partial charge in [0.05, 0.1) is 13.2 Å². The zero-order valence-electron chi connectivity index (χ0n) is 11.8. The first-order valence-corrected chi connectivity index (χ1v) is 6.10. The highest BCUT2D eigenvalue weighted by Gasteiger charge is 2.34. The van der Waals surface area contributed by atoms with E-state index < -0.39 is 6.04 Å². The van der Waals surface area contributed by atoms with E-state index in [-0.39, 0.29) is 24.1 Å². The molecule has 6 nitrogen and oxygen atoms in total. The molecule has 1 heterocycles. The van der Waals surface area contributed by atoms with Crippen LogP contribution in [0.25, 0.3) is 0 Å². The maximum Gasteiger partial charge on any atom is 0.320 e. The first kappa shape index (κ1) is 14.8. The molecule has 0 saturated carbocycles. The normalized spacial score (nSPS) is 20.5. The largest absolute Gasteiger partial charge is 0.377 e. The van der Waals surface area contributed by atoms with Gasteiger partial charge in [0.2, 0.25) is 5.91 Å². The Bertz CT molecular complexity index is 323. The van der Waals surface area contributed by atoms with Gasteiger partial charge >= 0.3 is 6.03 Å². The van der Waals surface area contributed by atoms with Gasteiger partial charge in [-0.25, -0.2) is 4.79 Å². The van der Waals surface area contributed by atoms with Crippen molar-refractivity contribution in [2.75, 3.05) is 33.9 Å². The quantitative estimate of drug-likeness (QED) is 0.734. The molecule has 1 saturated heterocycles. The van der Waals surface area contributed by atoms with Gasteiger partial charge in [-0.1, -0.05) is 0 Å². The molecule has 1 unspecified atom stereocenters. The van der Waals surface area contributed by atoms with Crippen molar-refractivity contribution in [3.8, 4) is 0 Å². The minimum atomic E-state index is -0.548. The van der Waals surface area contributed by atoms with Gasteiger partial charge in [-0.05, 0) is 20.8 Å². The third-order valence-electron chi connectivity index (χ3n) is 2.56. The van der Waals surface area contributed by atoms with E-state index in [1.807, 2.05) is 20.8 Å². The Hall–Kier alpha value is -1.30. The number of nitrogens with one attached hydrogen (secondary N) is 1. The lowest BCUT2D eigenvalue weighted by Crippen LogP contribution is -2.60. The summed E-state index contributed by atoms with van der Waals surface area (Å²) in [4.78, 5) is 27.2. The average molecular weight is 257 g/mol. The van der Waals surface area contributed by atoms with Crippen molar-refractivity contribution in [1.29, 1.82) is 0 Å². The highest BCUT2D eigenvalue weighted by molar-refractivity contribution is 5.87. The monoisotopic (exact) mass is 257 g/mol. The van der Waals surface area contributed by atoms with E-state index >= 15 is 0 Å². The lowest BCUT2D eigenvalue weighted by molar-refractivity contribution is -0.132. The van der Waals surface area contributed by atoms with Crippen LogP contribution in [-0.4, -0.2) is 67.2 Å². The minimum Gasteiger partial charge on any atom is -0.377 e. The van der Waals surface area contributed by atoms with Crippen molar-refractivity contribution >= 4 is 11.9 Å². The van der Waals surface area contributed by atoms with Crippen molar-refractivity contribution in [2.45, 2.75) is 32.4 Å². The molecule has 0 radical (unpaired) electrons. The standard InChI is InChI=1S/C12H23N3O3/c1-12(2,3)13-10(16)9-8-18-7-6-15(9)11(17)14(4)5/h9H,6-8H2,1-5H3,(H,13,16). The Morgan fingerprint density at radius 1 is 1.33 bits per heavy atom. The Morgan fingerprint density at radius 3 is 2.44 bits per heavy atom. The summed E-state index contributed by atoms with van der Waals surface area (Å²) >= 11 is 0. The van der Waals surface area contributed by atoms with Gasteiger partial charge in [0.1, 0.15) is 6.04 Å². The number of amides is 3. The van der Waals surface area contributed by atoms with E-state index in [9.17, 15) is 9.59 Å². The van der Waals surface area contributed by atoms with Gasteiger partial charge in [0, 0.05) is 26.2 Å². The summed E-state index contributed by atoms with van der Waals surface area (Å²) in [6, 6.07) is -0.708. The van der Waals surface area contributed by atoms with Gasteiger partial charge in [-0.2, -0.15) is 0 Å². The number of morpholine rings is 1. The molecule has 1 N–H and O–H groups in total. The summed E-state index contributed by atoms with van der Waals surface area (Å²) < 4.78 is 5.30. The van der Waals surface area contributed by atoms with Crippen molar-refractivity contribution in [3.05, 3.63) is 0 Å². The number of carbonyl (C=O) groups excluding carboxylic acids is 2. The molecule has 3 amide bonds. The number of nitrogens with zero attached hydrogens (tertiary/aromatic N) is 2. The predicted octanol–water partition coefficient (Wildman–Crippen LogP) is 0.284. The Kier molecular flexibility index (Phi) is 4.56. The van der Waals surface area contributed by atoms with Crippen LogP contribution in [0.2, 0.25) is 0 Å². The molecular weight excluding hydrogens is 234 g/mol. The first-order chi connectivity index (χ1) is 8.22. The Morgan fingerprint density at radius 2 is 1.94 bits per heavy atom. The van der Waals surface area contributed by atoms with Gasteiger partial charge in [0.15, 0.2) is 0 Å². The fourth-order valence-corrected chi connectivity index (χ4v) is 1.76. The zero-order chi connectivity index (χ0) is 13.9. The topological polar surface area (TPSA) is 61.9 Å². The van der Waals surface area contributed by atoms with E-state index in [0.29, 0.717) is 13.2 Å². The summed E-state index contributed by atoms with van der Waals surface area (Å²) in [5.41, 5.74) is -0.318. The van der Waals surface area contributed by atoms with Crippen molar-refractivity contribution in [1.82, 2.24) is 15.1 Å². The molecule has 6 heteroatoms. The van der Waals surface area contributed by atoms with Crippen LogP contribution in [-0.2, 0) is 9.53 Å². The fraction of sp³-hybridized carbons (Fsp3) is 0.833. The van der Waals surface area contributed by atoms with Crippen LogP contribution in [0.15, 0.2) is 0 Å². The second-order valence-electron chi connectivity index (χ2n) is 5.70. The number of hydrogen-bond acceptors (Lipinski definition) is 3. The summed E-state index contributed by atoms with van der Waals surface area (Å²) in [7, 11) is 3.35. The smallest absolute Gasteiger partial charge is 0.320 e. The lowest BCUT2D eigenvalue weighted by Gasteiger charge is -2.37. The molecule has 1 aliphatic heterocycles. The molecule has 0 aromatic heterocycles. The maximum absolute atomic E-state index is 12.1. The molecular formula is C12H23N3O3. The van der Waals surface area contributed by atoms with Crippen molar-refractivity contribution in [2.24, 2.45) is 0 Å². The summed E-state index contributed by atoms with van der Waals surface area (Å²) in [6.07, 6.45) is 0. The van der Waals surface area contributed by atoms with Crippen LogP contribution in [0.3, 0.4) is 0 Å². The van der Waals surface area contributed by atoms with E-state index in [1.54, 1.807) is 19.0 Å². The number of ether oxygens (including phenoxy) is 1. The molecule has 1 atom stereocenters. The highest BCUT2D eigenvalue weighted by atomic mass is 16.5. The predicted molar refractivity (Wildman–Crippen MR) is 68.3 cm³/mol. The molecule has 0 aliphatic carbocycles. The molecule has 0 aromatic carbocycles. The molecule has 0 aromatic rings. The van der Waals surface area contributed by atoms with Crippen molar-refractivity contribution < 1.29 is 14.3 Å². The van der Waals surface area contributed by atoms with E-state index in [4.69, 9.17) is 4.74 Å². The summed E-state index contributed by atoms with van der Waals surface area (Å²) in [5, 5.41) is 2.88. The number of urea groups is 1. The Labute approximate surface area is 108 Å².